The Kier molecular flexibility index (Phi) is 4.45. The summed E-state index contributed by atoms with van der Waals surface area (Å²) < 4.78 is 0. The topological polar surface area (TPSA) is 99.2 Å². The minimum absolute atomic E-state index is 0.0149. The molecule has 0 aliphatic rings. The maximum Gasteiger partial charge on any atom is 0.149 e. The van der Waals surface area contributed by atoms with E-state index in [9.17, 15) is 0 Å². The fourth-order valence-electron chi connectivity index (χ4n) is 0.115. The molecule has 8 heavy (non-hydrogen) atoms. The molecule has 0 aliphatic carbocycles. The fraction of sp³-hybridized carbons (Fsp3) is 0.500. The van der Waals surface area contributed by atoms with Gasteiger partial charge in [-0.25, -0.2) is 0 Å². The molecule has 0 radical (unpaired) electrons. The van der Waals surface area contributed by atoms with Gasteiger partial charge in [-0.2, -0.15) is 10.4 Å². The first kappa shape index (κ1) is 6.49. The molecule has 2 N–H and O–H groups in total. The minimum Gasteiger partial charge on any atom is -0.303 e. The van der Waals surface area contributed by atoms with Gasteiger partial charge in [0, 0.05) is 0 Å². The SMILES string of the molecule is N#CCN=N/N=N/N. The van der Waals surface area contributed by atoms with Crippen molar-refractivity contribution in [3.05, 3.63) is 0 Å². The molecule has 0 fully saturated rings. The number of rotatable bonds is 2. The molecule has 0 aromatic heterocycles. The van der Waals surface area contributed by atoms with E-state index in [2.05, 4.69) is 26.6 Å². The Hall–Kier alpha value is -1.51. The van der Waals surface area contributed by atoms with Gasteiger partial charge in [0.1, 0.15) is 6.54 Å². The molecule has 6 nitrogen and oxygen atoms in total. The van der Waals surface area contributed by atoms with Gasteiger partial charge in [0.2, 0.25) is 0 Å². The molecule has 0 aromatic rings. The number of nitrogens with two attached hydrogens (primary N) is 1. The quantitative estimate of drug-likeness (QED) is 0.239. The Bertz CT molecular complexity index is 128. The van der Waals surface area contributed by atoms with Crippen molar-refractivity contribution in [2.75, 3.05) is 6.54 Å². The van der Waals surface area contributed by atoms with Crippen LogP contribution in [0.3, 0.4) is 0 Å². The van der Waals surface area contributed by atoms with Crippen LogP contribution in [-0.2, 0) is 0 Å². The van der Waals surface area contributed by atoms with Gasteiger partial charge in [-0.1, -0.05) is 5.22 Å². The van der Waals surface area contributed by atoms with Crippen molar-refractivity contribution in [2.45, 2.75) is 0 Å². The van der Waals surface area contributed by atoms with Crippen LogP contribution in [0.25, 0.3) is 0 Å². The third-order valence-electron chi connectivity index (χ3n) is 0.296. The minimum atomic E-state index is -0.0149. The second-order valence-electron chi connectivity index (χ2n) is 0.752. The van der Waals surface area contributed by atoms with Crippen LogP contribution in [0, 0.1) is 11.3 Å². The van der Waals surface area contributed by atoms with E-state index in [1.165, 1.54) is 0 Å². The summed E-state index contributed by atoms with van der Waals surface area (Å²) in [6.07, 6.45) is 0. The Morgan fingerprint density at radius 3 is 2.75 bits per heavy atom. The van der Waals surface area contributed by atoms with E-state index >= 15 is 0 Å². The van der Waals surface area contributed by atoms with Crippen LogP contribution >= 0.6 is 0 Å². The molecule has 0 heterocycles. The zero-order chi connectivity index (χ0) is 6.24. The summed E-state index contributed by atoms with van der Waals surface area (Å²) in [5.74, 6) is 4.53. The average Bonchev–Trinajstić information content (AvgIpc) is 1.81. The Balaban J connectivity index is 3.24. The maximum absolute atomic E-state index is 7.86. The van der Waals surface area contributed by atoms with Gasteiger partial charge in [0.15, 0.2) is 0 Å². The van der Waals surface area contributed by atoms with Crippen molar-refractivity contribution in [3.8, 4) is 6.07 Å². The summed E-state index contributed by atoms with van der Waals surface area (Å²) >= 11 is 0. The molecular weight excluding hydrogens is 108 g/mol. The van der Waals surface area contributed by atoms with E-state index in [0.717, 1.165) is 0 Å². The molecule has 6 heteroatoms. The van der Waals surface area contributed by atoms with Gasteiger partial charge in [-0.3, -0.25) is 0 Å². The number of hydrogen-bond donors (Lipinski definition) is 1. The molecule has 0 amide bonds. The highest BCUT2D eigenvalue weighted by molar-refractivity contribution is 4.70. The van der Waals surface area contributed by atoms with E-state index < -0.39 is 0 Å². The van der Waals surface area contributed by atoms with E-state index in [-0.39, 0.29) is 6.54 Å². The fourth-order valence-corrected chi connectivity index (χ4v) is 0.115. The van der Waals surface area contributed by atoms with Gasteiger partial charge < -0.3 is 5.84 Å². The van der Waals surface area contributed by atoms with Gasteiger partial charge in [-0.05, 0) is 10.4 Å². The molecule has 0 bridgehead atoms. The molecule has 0 saturated heterocycles. The van der Waals surface area contributed by atoms with Crippen LogP contribution in [0.2, 0.25) is 0 Å². The van der Waals surface area contributed by atoms with Crippen LogP contribution in [0.15, 0.2) is 20.8 Å². The Labute approximate surface area is 45.7 Å². The maximum atomic E-state index is 7.86. The lowest BCUT2D eigenvalue weighted by atomic mass is 10.8. The highest BCUT2D eigenvalue weighted by Gasteiger charge is 1.67. The van der Waals surface area contributed by atoms with E-state index in [0.29, 0.717) is 0 Å². The zero-order valence-electron chi connectivity index (χ0n) is 4.02. The van der Waals surface area contributed by atoms with E-state index in [1.807, 2.05) is 0 Å². The van der Waals surface area contributed by atoms with Crippen molar-refractivity contribution in [3.63, 3.8) is 0 Å². The predicted molar refractivity (Wildman–Crippen MR) is 24.4 cm³/mol. The van der Waals surface area contributed by atoms with Crippen molar-refractivity contribution in [1.82, 2.24) is 0 Å². The summed E-state index contributed by atoms with van der Waals surface area (Å²) in [5, 5.41) is 19.8. The van der Waals surface area contributed by atoms with Crippen molar-refractivity contribution < 1.29 is 0 Å². The van der Waals surface area contributed by atoms with Crippen molar-refractivity contribution in [2.24, 2.45) is 26.6 Å². The van der Waals surface area contributed by atoms with E-state index in [4.69, 9.17) is 5.26 Å². The number of nitrogens with zero attached hydrogens (tertiary/aromatic N) is 5. The monoisotopic (exact) mass is 112 g/mol. The smallest absolute Gasteiger partial charge is 0.149 e. The first-order valence-corrected chi connectivity index (χ1v) is 1.75. The lowest BCUT2D eigenvalue weighted by Crippen LogP contribution is -1.72. The highest BCUT2D eigenvalue weighted by Crippen LogP contribution is 1.73. The molecule has 0 rings (SSSR count). The normalized spacial score (nSPS) is 10.4. The summed E-state index contributed by atoms with van der Waals surface area (Å²) in [5.41, 5.74) is 0. The van der Waals surface area contributed by atoms with Crippen LogP contribution < -0.4 is 5.84 Å². The van der Waals surface area contributed by atoms with Crippen LogP contribution in [0.1, 0.15) is 0 Å². The second kappa shape index (κ2) is 5.49. The standard InChI is InChI=1S/C2H4N6/c3-1-2-5-7-8-6-4/h2H2,(H2,4,5,8). The predicted octanol–water partition coefficient (Wildman–Crippen LogP) is 0.203. The first-order valence-electron chi connectivity index (χ1n) is 1.75. The van der Waals surface area contributed by atoms with Crippen LogP contribution in [0.4, 0.5) is 0 Å². The number of nitriles is 1. The molecule has 0 saturated carbocycles. The number of hydrogen-bond acceptors (Lipinski definition) is 3. The van der Waals surface area contributed by atoms with Crippen molar-refractivity contribution in [1.29, 1.82) is 5.26 Å². The average molecular weight is 112 g/mol. The van der Waals surface area contributed by atoms with Crippen LogP contribution in [-0.4, -0.2) is 6.54 Å². The van der Waals surface area contributed by atoms with E-state index in [1.54, 1.807) is 6.07 Å². The van der Waals surface area contributed by atoms with Gasteiger partial charge in [0.25, 0.3) is 0 Å². The molecule has 0 atom stereocenters. The van der Waals surface area contributed by atoms with Gasteiger partial charge in [0.05, 0.1) is 6.07 Å². The lowest BCUT2D eigenvalue weighted by Gasteiger charge is -1.67. The summed E-state index contributed by atoms with van der Waals surface area (Å²) in [4.78, 5) is 0. The molecule has 42 valence electrons. The third-order valence-corrected chi connectivity index (χ3v) is 0.296. The molecular formula is C2H4N6. The summed E-state index contributed by atoms with van der Waals surface area (Å²) in [7, 11) is 0. The largest absolute Gasteiger partial charge is 0.303 e. The van der Waals surface area contributed by atoms with Gasteiger partial charge >= 0.3 is 0 Å². The summed E-state index contributed by atoms with van der Waals surface area (Å²) in [6, 6.07) is 1.72. The lowest BCUT2D eigenvalue weighted by molar-refractivity contribution is 0.861. The first-order chi connectivity index (χ1) is 3.91. The molecule has 0 unspecified atom stereocenters. The Morgan fingerprint density at radius 1 is 1.50 bits per heavy atom. The van der Waals surface area contributed by atoms with Crippen LogP contribution in [0.5, 0.6) is 0 Å². The zero-order valence-corrected chi connectivity index (χ0v) is 4.02. The summed E-state index contributed by atoms with van der Waals surface area (Å²) in [6.45, 7) is -0.0149. The van der Waals surface area contributed by atoms with Crippen molar-refractivity contribution >= 4 is 0 Å². The third kappa shape index (κ3) is 4.49. The molecule has 0 aromatic carbocycles. The second-order valence-corrected chi connectivity index (χ2v) is 0.752. The highest BCUT2D eigenvalue weighted by atomic mass is 15.5. The molecule has 0 spiro atoms. The Morgan fingerprint density at radius 2 is 2.25 bits per heavy atom. The molecule has 0 aliphatic heterocycles. The van der Waals surface area contributed by atoms with Gasteiger partial charge in [-0.15, -0.1) is 0 Å².